The third-order valence-corrected chi connectivity index (χ3v) is 4.34. The lowest BCUT2D eigenvalue weighted by Gasteiger charge is -2.18. The van der Waals surface area contributed by atoms with Crippen LogP contribution in [-0.4, -0.2) is 42.9 Å². The number of anilines is 1. The molecule has 0 saturated carbocycles. The molecular weight excluding hydrogens is 302 g/mol. The summed E-state index contributed by atoms with van der Waals surface area (Å²) in [5, 5.41) is 5.80. The van der Waals surface area contributed by atoms with Gasteiger partial charge in [-0.2, -0.15) is 0 Å². The highest BCUT2D eigenvalue weighted by Crippen LogP contribution is 2.18. The number of likely N-dealkylation sites (tertiary alicyclic amines) is 1. The van der Waals surface area contributed by atoms with Crippen molar-refractivity contribution < 1.29 is 9.59 Å². The van der Waals surface area contributed by atoms with Crippen LogP contribution in [0.1, 0.15) is 43.1 Å². The molecule has 0 aromatic heterocycles. The van der Waals surface area contributed by atoms with Crippen LogP contribution in [0.3, 0.4) is 0 Å². The Hall–Kier alpha value is -1.88. The Labute approximate surface area is 144 Å². The number of nitrogens with one attached hydrogen (secondary N) is 2. The van der Waals surface area contributed by atoms with E-state index in [1.54, 1.807) is 12.1 Å². The molecule has 2 amide bonds. The zero-order chi connectivity index (χ0) is 17.7. The first-order chi connectivity index (χ1) is 11.3. The van der Waals surface area contributed by atoms with Gasteiger partial charge in [0.25, 0.3) is 5.91 Å². The van der Waals surface area contributed by atoms with Gasteiger partial charge < -0.3 is 15.5 Å². The molecule has 0 radical (unpaired) electrons. The lowest BCUT2D eigenvalue weighted by atomic mass is 10.1. The van der Waals surface area contributed by atoms with Crippen LogP contribution in [0.25, 0.3) is 0 Å². The van der Waals surface area contributed by atoms with Crippen molar-refractivity contribution in [2.75, 3.05) is 31.5 Å². The molecule has 2 rings (SSSR count). The summed E-state index contributed by atoms with van der Waals surface area (Å²) in [5.74, 6) is 1.07. The summed E-state index contributed by atoms with van der Waals surface area (Å²) < 4.78 is 0. The lowest BCUT2D eigenvalue weighted by molar-refractivity contribution is -0.114. The first kappa shape index (κ1) is 18.5. The van der Waals surface area contributed by atoms with Crippen molar-refractivity contribution in [2.24, 2.45) is 11.8 Å². The van der Waals surface area contributed by atoms with Gasteiger partial charge in [-0.25, -0.2) is 0 Å². The third kappa shape index (κ3) is 5.34. The van der Waals surface area contributed by atoms with Gasteiger partial charge in [0.15, 0.2) is 0 Å². The van der Waals surface area contributed by atoms with Crippen LogP contribution in [0.5, 0.6) is 0 Å². The second-order valence-electron chi connectivity index (χ2n) is 7.23. The predicted molar refractivity (Wildman–Crippen MR) is 97.2 cm³/mol. The predicted octanol–water partition coefficient (Wildman–Crippen LogP) is 2.66. The molecule has 1 aromatic rings. The number of carbonyl (C=O) groups is 2. The molecule has 5 heteroatoms. The largest absolute Gasteiger partial charge is 0.352 e. The van der Waals surface area contributed by atoms with E-state index in [1.807, 2.05) is 13.0 Å². The fraction of sp³-hybridized carbons (Fsp3) is 0.579. The molecule has 1 atom stereocenters. The number of benzene rings is 1. The Morgan fingerprint density at radius 2 is 2.08 bits per heavy atom. The average Bonchev–Trinajstić information content (AvgIpc) is 2.91. The first-order valence-corrected chi connectivity index (χ1v) is 8.74. The monoisotopic (exact) mass is 331 g/mol. The molecule has 0 aliphatic carbocycles. The van der Waals surface area contributed by atoms with Gasteiger partial charge in [0.2, 0.25) is 5.91 Å². The van der Waals surface area contributed by atoms with Gasteiger partial charge in [-0.3, -0.25) is 9.59 Å². The Morgan fingerprint density at radius 3 is 2.71 bits per heavy atom. The number of aryl methyl sites for hydroxylation is 1. The normalized spacial score (nSPS) is 18.0. The van der Waals surface area contributed by atoms with Crippen LogP contribution in [0.2, 0.25) is 0 Å². The highest BCUT2D eigenvalue weighted by molar-refractivity contribution is 5.97. The minimum Gasteiger partial charge on any atom is -0.352 e. The zero-order valence-corrected chi connectivity index (χ0v) is 15.2. The van der Waals surface area contributed by atoms with Crippen molar-refractivity contribution in [3.63, 3.8) is 0 Å². The van der Waals surface area contributed by atoms with Crippen LogP contribution in [0.4, 0.5) is 5.69 Å². The van der Waals surface area contributed by atoms with Crippen LogP contribution in [0.15, 0.2) is 18.2 Å². The molecule has 1 aliphatic heterocycles. The molecule has 1 aliphatic rings. The molecule has 132 valence electrons. The van der Waals surface area contributed by atoms with Crippen molar-refractivity contribution >= 4 is 17.5 Å². The fourth-order valence-corrected chi connectivity index (χ4v) is 3.29. The van der Waals surface area contributed by atoms with E-state index >= 15 is 0 Å². The van der Waals surface area contributed by atoms with E-state index < -0.39 is 0 Å². The number of carbonyl (C=O) groups excluding carboxylic acids is 2. The molecule has 24 heavy (non-hydrogen) atoms. The van der Waals surface area contributed by atoms with E-state index in [-0.39, 0.29) is 11.8 Å². The summed E-state index contributed by atoms with van der Waals surface area (Å²) >= 11 is 0. The Morgan fingerprint density at radius 1 is 1.33 bits per heavy atom. The van der Waals surface area contributed by atoms with Crippen LogP contribution in [-0.2, 0) is 4.79 Å². The van der Waals surface area contributed by atoms with E-state index in [0.29, 0.717) is 17.4 Å². The minimum atomic E-state index is -0.112. The molecule has 2 N–H and O–H groups in total. The van der Waals surface area contributed by atoms with E-state index in [9.17, 15) is 9.59 Å². The summed E-state index contributed by atoms with van der Waals surface area (Å²) in [4.78, 5) is 26.0. The van der Waals surface area contributed by atoms with Crippen molar-refractivity contribution in [1.29, 1.82) is 0 Å². The summed E-state index contributed by atoms with van der Waals surface area (Å²) in [5.41, 5.74) is 2.25. The van der Waals surface area contributed by atoms with Crippen LogP contribution in [0, 0.1) is 18.8 Å². The quantitative estimate of drug-likeness (QED) is 0.842. The van der Waals surface area contributed by atoms with Crippen molar-refractivity contribution in [3.8, 4) is 0 Å². The van der Waals surface area contributed by atoms with Crippen LogP contribution < -0.4 is 10.6 Å². The SMILES string of the molecule is CC(=O)Nc1ccc(C(=O)NC[C@@H]2CCN(CC(C)C)C2)c(C)c1. The number of nitrogens with zero attached hydrogens (tertiary/aromatic N) is 1. The maximum Gasteiger partial charge on any atom is 0.251 e. The molecule has 1 saturated heterocycles. The Balaban J connectivity index is 1.86. The maximum absolute atomic E-state index is 12.4. The number of hydrogen-bond donors (Lipinski definition) is 2. The first-order valence-electron chi connectivity index (χ1n) is 8.74. The summed E-state index contributed by atoms with van der Waals surface area (Å²) in [6.45, 7) is 11.9. The second-order valence-corrected chi connectivity index (χ2v) is 7.23. The smallest absolute Gasteiger partial charge is 0.251 e. The van der Waals surface area contributed by atoms with E-state index in [1.165, 1.54) is 6.92 Å². The van der Waals surface area contributed by atoms with Gasteiger partial charge in [0, 0.05) is 37.8 Å². The Kier molecular flexibility index (Phi) is 6.37. The number of amides is 2. The highest BCUT2D eigenvalue weighted by atomic mass is 16.2. The lowest BCUT2D eigenvalue weighted by Crippen LogP contribution is -2.32. The van der Waals surface area contributed by atoms with Gasteiger partial charge in [-0.05, 0) is 55.5 Å². The zero-order valence-electron chi connectivity index (χ0n) is 15.2. The van der Waals surface area contributed by atoms with Gasteiger partial charge in [-0.15, -0.1) is 0 Å². The standard InChI is InChI=1S/C19H29N3O2/c1-13(2)11-22-8-7-16(12-22)10-20-19(24)18-6-5-17(9-14(18)3)21-15(4)23/h5-6,9,13,16H,7-8,10-12H2,1-4H3,(H,20,24)(H,21,23)/t16-/m0/s1. The van der Waals surface area contributed by atoms with E-state index in [0.717, 1.165) is 43.9 Å². The van der Waals surface area contributed by atoms with Gasteiger partial charge in [0.05, 0.1) is 0 Å². The number of hydrogen-bond acceptors (Lipinski definition) is 3. The molecule has 5 nitrogen and oxygen atoms in total. The van der Waals surface area contributed by atoms with Gasteiger partial charge >= 0.3 is 0 Å². The molecule has 1 heterocycles. The highest BCUT2D eigenvalue weighted by Gasteiger charge is 2.23. The van der Waals surface area contributed by atoms with E-state index in [4.69, 9.17) is 0 Å². The topological polar surface area (TPSA) is 61.4 Å². The molecule has 1 aromatic carbocycles. The molecule has 0 spiro atoms. The average molecular weight is 331 g/mol. The minimum absolute atomic E-state index is 0.0378. The third-order valence-electron chi connectivity index (χ3n) is 4.34. The van der Waals surface area contributed by atoms with Gasteiger partial charge in [-0.1, -0.05) is 13.8 Å². The van der Waals surface area contributed by atoms with Crippen molar-refractivity contribution in [1.82, 2.24) is 10.2 Å². The molecule has 0 bridgehead atoms. The summed E-state index contributed by atoms with van der Waals surface area (Å²) in [6, 6.07) is 5.37. The molecule has 1 fully saturated rings. The van der Waals surface area contributed by atoms with Crippen molar-refractivity contribution in [2.45, 2.75) is 34.1 Å². The second kappa shape index (κ2) is 8.29. The molecule has 0 unspecified atom stereocenters. The van der Waals surface area contributed by atoms with E-state index in [2.05, 4.69) is 29.4 Å². The summed E-state index contributed by atoms with van der Waals surface area (Å²) in [7, 11) is 0. The number of rotatable bonds is 6. The fourth-order valence-electron chi connectivity index (χ4n) is 3.29. The van der Waals surface area contributed by atoms with Crippen LogP contribution >= 0.6 is 0 Å². The van der Waals surface area contributed by atoms with Crippen molar-refractivity contribution in [3.05, 3.63) is 29.3 Å². The molecular formula is C19H29N3O2. The Bertz CT molecular complexity index is 598. The maximum atomic E-state index is 12.4. The van der Waals surface area contributed by atoms with Gasteiger partial charge in [0.1, 0.15) is 0 Å². The summed E-state index contributed by atoms with van der Waals surface area (Å²) in [6.07, 6.45) is 1.15.